The second-order valence-electron chi connectivity index (χ2n) is 14.0. The number of anilines is 2. The summed E-state index contributed by atoms with van der Waals surface area (Å²) in [6.07, 6.45) is 6.99. The molecule has 196 valence electrons. The van der Waals surface area contributed by atoms with Crippen molar-refractivity contribution in [3.63, 3.8) is 0 Å². The zero-order valence-electron chi connectivity index (χ0n) is 26.3. The molecule has 1 fully saturated rings. The van der Waals surface area contributed by atoms with Gasteiger partial charge in [0, 0.05) is 36.5 Å². The maximum Gasteiger partial charge on any atom is 0.257 e. The van der Waals surface area contributed by atoms with E-state index in [0.29, 0.717) is 11.4 Å². The van der Waals surface area contributed by atoms with Crippen LogP contribution in [0, 0.1) is 0 Å². The lowest BCUT2D eigenvalue weighted by Crippen LogP contribution is -2.81. The summed E-state index contributed by atoms with van der Waals surface area (Å²) in [6.45, 7) is 0. The average Bonchev–Trinajstić information content (AvgIpc) is 3.33. The van der Waals surface area contributed by atoms with Gasteiger partial charge in [0.25, 0.3) is 5.91 Å². The fourth-order valence-corrected chi connectivity index (χ4v) is 6.84. The number of piperidine rings is 1. The molecule has 5 rings (SSSR count). The van der Waals surface area contributed by atoms with E-state index in [2.05, 4.69) is 98.6 Å². The third kappa shape index (κ3) is 4.23. The fourth-order valence-electron chi connectivity index (χ4n) is 6.84. The van der Waals surface area contributed by atoms with Gasteiger partial charge >= 0.3 is 0 Å². The number of hydrogen-bond donors (Lipinski definition) is 1. The number of aromatic nitrogens is 5. The Hall–Kier alpha value is -3.16. The van der Waals surface area contributed by atoms with Crippen molar-refractivity contribution in [1.29, 1.82) is 0 Å². The highest BCUT2D eigenvalue weighted by molar-refractivity contribution is 6.71. The molecular formula is C23H33B10N7O. The summed E-state index contributed by atoms with van der Waals surface area (Å²) in [5.74, 6) is 0.992. The molecule has 1 aliphatic heterocycles. The number of aryl methyl sites for hydroxylation is 1. The van der Waals surface area contributed by atoms with Crippen LogP contribution >= 0.6 is 0 Å². The Morgan fingerprint density at radius 3 is 2.10 bits per heavy atom. The number of imidazole rings is 1. The minimum absolute atomic E-state index is 0.0187. The predicted octanol–water partition coefficient (Wildman–Crippen LogP) is -6.52. The molecule has 18 heteroatoms. The number of pyridine rings is 3. The minimum atomic E-state index is -0.255. The summed E-state index contributed by atoms with van der Waals surface area (Å²) in [6, 6.07) is 9.39. The Kier molecular flexibility index (Phi) is 6.75. The standard InChI is InChI=1S/C23H33B10N7O/c1-39-10-34-9-15(39)13-3-2-12-8-36-16(7-14(12)37-13)38-18(41)11-4-5-35-17(6-11)40-22(30,31)20(26,27)19(24,25)21(28,29)23(40,32)33/h2-10H,24-33H2,1H3,(H,36,38,41). The lowest BCUT2D eigenvalue weighted by atomic mass is 9.05. The SMILES string of the molecule is BC1(B)N(c2cc(C(=O)Nc3cc4nc(-c5cncn5C)ccc4cn3)ccn2)C(B)(B)C(B)(B)C(B)(B)C1(B)B. The zero-order chi connectivity index (χ0) is 30.2. The van der Waals surface area contributed by atoms with Crippen molar-refractivity contribution >= 4 is 107 Å². The molecule has 8 nitrogen and oxygen atoms in total. The summed E-state index contributed by atoms with van der Waals surface area (Å²) < 4.78 is 1.92. The number of amides is 1. The zero-order valence-corrected chi connectivity index (χ0v) is 26.3. The number of carbonyl (C=O) groups excluding carboxylic acids is 1. The van der Waals surface area contributed by atoms with Crippen molar-refractivity contribution in [2.45, 2.75) is 26.3 Å². The highest BCUT2D eigenvalue weighted by Gasteiger charge is 2.66. The van der Waals surface area contributed by atoms with E-state index in [1.54, 1.807) is 37.1 Å². The highest BCUT2D eigenvalue weighted by atomic mass is 16.1. The second-order valence-corrected chi connectivity index (χ2v) is 14.0. The van der Waals surface area contributed by atoms with Gasteiger partial charge in [-0.25, -0.2) is 19.9 Å². The maximum absolute atomic E-state index is 13.5. The van der Waals surface area contributed by atoms with Gasteiger partial charge in [0.1, 0.15) is 43.0 Å². The van der Waals surface area contributed by atoms with Crippen LogP contribution in [-0.4, -0.2) is 120 Å². The molecule has 0 bridgehead atoms. The van der Waals surface area contributed by atoms with Crippen molar-refractivity contribution in [3.8, 4) is 11.4 Å². The quantitative estimate of drug-likeness (QED) is 0.264. The average molecular weight is 532 g/mol. The summed E-state index contributed by atoms with van der Waals surface area (Å²) in [7, 11) is 25.3. The Bertz CT molecular complexity index is 1640. The molecule has 0 radical (unpaired) electrons. The number of nitrogens with one attached hydrogen (secondary N) is 1. The van der Waals surface area contributed by atoms with E-state index in [-0.39, 0.29) is 32.2 Å². The van der Waals surface area contributed by atoms with Gasteiger partial charge < -0.3 is 14.8 Å². The van der Waals surface area contributed by atoms with E-state index in [0.717, 1.165) is 28.1 Å². The number of nitrogens with zero attached hydrogens (tertiary/aromatic N) is 6. The van der Waals surface area contributed by atoms with Crippen LogP contribution in [0.4, 0.5) is 11.6 Å². The van der Waals surface area contributed by atoms with Crippen LogP contribution in [0.2, 0.25) is 15.6 Å². The number of carbonyl (C=O) groups is 1. The normalized spacial score (nSPS) is 19.9. The van der Waals surface area contributed by atoms with Crippen LogP contribution in [0.3, 0.4) is 0 Å². The largest absolute Gasteiger partial charge is 0.379 e. The number of hydrogen-bond acceptors (Lipinski definition) is 6. The first kappa shape index (κ1) is 29.3. The predicted molar refractivity (Wildman–Crippen MR) is 195 cm³/mol. The number of rotatable bonds is 4. The molecule has 1 saturated heterocycles. The first-order valence-electron chi connectivity index (χ1n) is 14.2. The smallest absolute Gasteiger partial charge is 0.257 e. The molecular weight excluding hydrogens is 498 g/mol. The van der Waals surface area contributed by atoms with Gasteiger partial charge in [-0.3, -0.25) is 4.79 Å². The highest BCUT2D eigenvalue weighted by Crippen LogP contribution is 2.69. The summed E-state index contributed by atoms with van der Waals surface area (Å²) in [4.78, 5) is 34.3. The van der Waals surface area contributed by atoms with Gasteiger partial charge in [-0.1, -0.05) is 15.6 Å². The van der Waals surface area contributed by atoms with Crippen LogP contribution in [0.25, 0.3) is 22.3 Å². The summed E-state index contributed by atoms with van der Waals surface area (Å²) >= 11 is 0. The van der Waals surface area contributed by atoms with Crippen LogP contribution in [0.1, 0.15) is 10.4 Å². The maximum atomic E-state index is 13.5. The van der Waals surface area contributed by atoms with Gasteiger partial charge in [-0.15, -0.1) is 0 Å². The van der Waals surface area contributed by atoms with Crippen molar-refractivity contribution in [2.75, 3.05) is 10.2 Å². The van der Waals surface area contributed by atoms with E-state index >= 15 is 0 Å². The molecule has 1 amide bonds. The molecule has 0 atom stereocenters. The van der Waals surface area contributed by atoms with Gasteiger partial charge in [0.2, 0.25) is 0 Å². The van der Waals surface area contributed by atoms with E-state index in [4.69, 9.17) is 9.97 Å². The van der Waals surface area contributed by atoms with Crippen LogP contribution < -0.4 is 10.2 Å². The Morgan fingerprint density at radius 2 is 1.49 bits per heavy atom. The molecule has 1 aliphatic rings. The first-order chi connectivity index (χ1) is 18.9. The third-order valence-electron chi connectivity index (χ3n) is 11.4. The van der Waals surface area contributed by atoms with E-state index < -0.39 is 0 Å². The molecule has 0 aliphatic carbocycles. The molecule has 1 N–H and O–H groups in total. The van der Waals surface area contributed by atoms with E-state index in [1.165, 1.54) is 0 Å². The fraction of sp³-hybridized carbons (Fsp3) is 0.261. The Balaban J connectivity index is 1.48. The molecule has 0 aromatic carbocycles. The number of fused-ring (bicyclic) bond motifs is 1. The van der Waals surface area contributed by atoms with Crippen LogP contribution in [0.5, 0.6) is 0 Å². The molecule has 41 heavy (non-hydrogen) atoms. The van der Waals surface area contributed by atoms with Gasteiger partial charge in [0.15, 0.2) is 0 Å². The Morgan fingerprint density at radius 1 is 0.829 bits per heavy atom. The third-order valence-corrected chi connectivity index (χ3v) is 11.4. The van der Waals surface area contributed by atoms with E-state index in [1.807, 2.05) is 29.8 Å². The second kappa shape index (κ2) is 9.43. The van der Waals surface area contributed by atoms with Crippen molar-refractivity contribution in [3.05, 3.63) is 60.8 Å². The van der Waals surface area contributed by atoms with Crippen molar-refractivity contribution < 1.29 is 4.79 Å². The summed E-state index contributed by atoms with van der Waals surface area (Å²) in [5, 5.41) is 3.23. The Labute approximate surface area is 251 Å². The lowest BCUT2D eigenvalue weighted by molar-refractivity contribution is 0.102. The molecule has 4 aromatic heterocycles. The summed E-state index contributed by atoms with van der Waals surface area (Å²) in [5.41, 5.74) is 2.99. The molecule has 0 spiro atoms. The van der Waals surface area contributed by atoms with Crippen molar-refractivity contribution in [1.82, 2.24) is 24.5 Å². The van der Waals surface area contributed by atoms with Gasteiger partial charge in [-0.05, 0) is 34.9 Å². The molecule has 5 heterocycles. The minimum Gasteiger partial charge on any atom is -0.379 e. The monoisotopic (exact) mass is 533 g/mol. The van der Waals surface area contributed by atoms with Crippen LogP contribution in [0.15, 0.2) is 55.2 Å². The lowest BCUT2D eigenvalue weighted by Gasteiger charge is -2.77. The topological polar surface area (TPSA) is 88.8 Å². The molecule has 0 unspecified atom stereocenters. The van der Waals surface area contributed by atoms with Gasteiger partial charge in [-0.2, -0.15) is 0 Å². The molecule has 0 saturated carbocycles. The first-order valence-corrected chi connectivity index (χ1v) is 14.2. The van der Waals surface area contributed by atoms with E-state index in [9.17, 15) is 4.79 Å². The van der Waals surface area contributed by atoms with Gasteiger partial charge in [0.05, 0.1) is 76.5 Å². The molecule has 4 aromatic rings. The van der Waals surface area contributed by atoms with Crippen LogP contribution in [-0.2, 0) is 7.05 Å². The van der Waals surface area contributed by atoms with Crippen molar-refractivity contribution in [2.24, 2.45) is 7.05 Å².